The lowest BCUT2D eigenvalue weighted by Gasteiger charge is -2.18. The fourth-order valence-electron chi connectivity index (χ4n) is 2.62. The summed E-state index contributed by atoms with van der Waals surface area (Å²) < 4.78 is 13.1. The number of hydrogen-bond donors (Lipinski definition) is 1. The first-order chi connectivity index (χ1) is 9.81. The summed E-state index contributed by atoms with van der Waals surface area (Å²) in [6.45, 7) is 2.97. The van der Waals surface area contributed by atoms with Gasteiger partial charge in [0, 0.05) is 31.0 Å². The van der Waals surface area contributed by atoms with Crippen LogP contribution in [0.2, 0.25) is 0 Å². The molecule has 0 aliphatic carbocycles. The van der Waals surface area contributed by atoms with Crippen molar-refractivity contribution < 1.29 is 4.39 Å². The zero-order valence-corrected chi connectivity index (χ0v) is 11.5. The molecule has 1 saturated heterocycles. The van der Waals surface area contributed by atoms with Crippen LogP contribution in [-0.2, 0) is 6.54 Å². The Morgan fingerprint density at radius 1 is 1.00 bits per heavy atom. The molecule has 3 rings (SSSR count). The number of benzene rings is 2. The van der Waals surface area contributed by atoms with Crippen molar-refractivity contribution in [1.29, 1.82) is 0 Å². The molecule has 1 aliphatic heterocycles. The quantitative estimate of drug-likeness (QED) is 0.902. The average Bonchev–Trinajstić information content (AvgIpc) is 3.00. The van der Waals surface area contributed by atoms with Gasteiger partial charge in [0.2, 0.25) is 0 Å². The van der Waals surface area contributed by atoms with Gasteiger partial charge in [-0.2, -0.15) is 0 Å². The number of nitrogens with one attached hydrogen (secondary N) is 1. The van der Waals surface area contributed by atoms with Gasteiger partial charge >= 0.3 is 0 Å². The average molecular weight is 270 g/mol. The number of rotatable bonds is 4. The molecular weight excluding hydrogens is 251 g/mol. The molecule has 0 aromatic heterocycles. The van der Waals surface area contributed by atoms with Crippen molar-refractivity contribution in [3.63, 3.8) is 0 Å². The summed E-state index contributed by atoms with van der Waals surface area (Å²) in [6, 6.07) is 15.2. The molecule has 0 unspecified atom stereocenters. The maximum atomic E-state index is 13.1. The van der Waals surface area contributed by atoms with E-state index >= 15 is 0 Å². The second-order valence-electron chi connectivity index (χ2n) is 5.22. The van der Waals surface area contributed by atoms with E-state index in [2.05, 4.69) is 34.5 Å². The van der Waals surface area contributed by atoms with Crippen LogP contribution >= 0.6 is 0 Å². The largest absolute Gasteiger partial charge is 0.381 e. The maximum absolute atomic E-state index is 13.1. The smallest absolute Gasteiger partial charge is 0.123 e. The van der Waals surface area contributed by atoms with E-state index in [1.165, 1.54) is 24.6 Å². The van der Waals surface area contributed by atoms with E-state index in [1.807, 2.05) is 6.07 Å². The molecule has 2 nitrogen and oxygen atoms in total. The van der Waals surface area contributed by atoms with E-state index in [0.717, 1.165) is 24.3 Å². The van der Waals surface area contributed by atoms with Gasteiger partial charge in [0.25, 0.3) is 0 Å². The van der Waals surface area contributed by atoms with Gasteiger partial charge < -0.3 is 10.2 Å². The molecule has 1 heterocycles. The van der Waals surface area contributed by atoms with Crippen LogP contribution in [-0.4, -0.2) is 13.1 Å². The molecular formula is C17H19FN2. The Kier molecular flexibility index (Phi) is 3.86. The van der Waals surface area contributed by atoms with E-state index in [0.29, 0.717) is 6.54 Å². The van der Waals surface area contributed by atoms with E-state index in [1.54, 1.807) is 12.1 Å². The summed E-state index contributed by atoms with van der Waals surface area (Å²) in [5.41, 5.74) is 3.31. The van der Waals surface area contributed by atoms with Gasteiger partial charge in [0.15, 0.2) is 0 Å². The van der Waals surface area contributed by atoms with Gasteiger partial charge in [0.05, 0.1) is 0 Å². The number of hydrogen-bond acceptors (Lipinski definition) is 2. The molecule has 3 heteroatoms. The molecule has 0 saturated carbocycles. The lowest BCUT2D eigenvalue weighted by Crippen LogP contribution is -2.17. The van der Waals surface area contributed by atoms with Crippen LogP contribution in [0.3, 0.4) is 0 Å². The van der Waals surface area contributed by atoms with E-state index in [-0.39, 0.29) is 5.82 Å². The minimum Gasteiger partial charge on any atom is -0.381 e. The van der Waals surface area contributed by atoms with Crippen LogP contribution in [0.4, 0.5) is 15.8 Å². The molecule has 0 bridgehead atoms. The first kappa shape index (κ1) is 13.0. The second-order valence-corrected chi connectivity index (χ2v) is 5.22. The van der Waals surface area contributed by atoms with Crippen LogP contribution in [0.1, 0.15) is 18.4 Å². The minimum atomic E-state index is -0.186. The highest BCUT2D eigenvalue weighted by Crippen LogP contribution is 2.22. The third kappa shape index (κ3) is 3.10. The van der Waals surface area contributed by atoms with E-state index in [9.17, 15) is 4.39 Å². The molecule has 0 atom stereocenters. The standard InChI is InChI=1S/C17H19FN2/c18-15-5-3-4-14(12-15)13-19-16-6-8-17(9-7-16)20-10-1-2-11-20/h3-9,12,19H,1-2,10-11,13H2. The highest BCUT2D eigenvalue weighted by molar-refractivity contribution is 5.55. The second kappa shape index (κ2) is 5.95. The fraction of sp³-hybridized carbons (Fsp3) is 0.294. The van der Waals surface area contributed by atoms with Crippen molar-refractivity contribution >= 4 is 11.4 Å². The maximum Gasteiger partial charge on any atom is 0.123 e. The Morgan fingerprint density at radius 2 is 1.75 bits per heavy atom. The van der Waals surface area contributed by atoms with Crippen molar-refractivity contribution in [2.75, 3.05) is 23.3 Å². The van der Waals surface area contributed by atoms with Crippen molar-refractivity contribution in [2.45, 2.75) is 19.4 Å². The van der Waals surface area contributed by atoms with Gasteiger partial charge in [-0.25, -0.2) is 4.39 Å². The Morgan fingerprint density at radius 3 is 2.45 bits per heavy atom. The molecule has 0 amide bonds. The summed E-state index contributed by atoms with van der Waals surface area (Å²) in [7, 11) is 0. The first-order valence-corrected chi connectivity index (χ1v) is 7.14. The van der Waals surface area contributed by atoms with Crippen molar-refractivity contribution in [3.05, 3.63) is 59.9 Å². The van der Waals surface area contributed by atoms with Crippen LogP contribution in [0.15, 0.2) is 48.5 Å². The third-order valence-corrected chi connectivity index (χ3v) is 3.72. The summed E-state index contributed by atoms with van der Waals surface area (Å²) in [6.07, 6.45) is 2.58. The fourth-order valence-corrected chi connectivity index (χ4v) is 2.62. The highest BCUT2D eigenvalue weighted by Gasteiger charge is 2.11. The number of anilines is 2. The summed E-state index contributed by atoms with van der Waals surface area (Å²) >= 11 is 0. The van der Waals surface area contributed by atoms with Crippen molar-refractivity contribution in [3.8, 4) is 0 Å². The Balaban J connectivity index is 1.60. The number of nitrogens with zero attached hydrogens (tertiary/aromatic N) is 1. The highest BCUT2D eigenvalue weighted by atomic mass is 19.1. The summed E-state index contributed by atoms with van der Waals surface area (Å²) in [5, 5.41) is 3.32. The van der Waals surface area contributed by atoms with Gasteiger partial charge in [-0.15, -0.1) is 0 Å². The third-order valence-electron chi connectivity index (χ3n) is 3.72. The van der Waals surface area contributed by atoms with Crippen LogP contribution in [0.25, 0.3) is 0 Å². The van der Waals surface area contributed by atoms with Crippen LogP contribution < -0.4 is 10.2 Å². The Bertz CT molecular complexity index is 559. The van der Waals surface area contributed by atoms with Crippen molar-refractivity contribution in [1.82, 2.24) is 0 Å². The van der Waals surface area contributed by atoms with Gasteiger partial charge in [0.1, 0.15) is 5.82 Å². The lowest BCUT2D eigenvalue weighted by atomic mass is 10.2. The first-order valence-electron chi connectivity index (χ1n) is 7.14. The molecule has 20 heavy (non-hydrogen) atoms. The van der Waals surface area contributed by atoms with Gasteiger partial charge in [-0.1, -0.05) is 12.1 Å². The monoisotopic (exact) mass is 270 g/mol. The minimum absolute atomic E-state index is 0.186. The predicted octanol–water partition coefficient (Wildman–Crippen LogP) is 4.04. The molecule has 1 N–H and O–H groups in total. The molecule has 104 valence electrons. The lowest BCUT2D eigenvalue weighted by molar-refractivity contribution is 0.626. The summed E-state index contributed by atoms with van der Waals surface area (Å²) in [4.78, 5) is 2.41. The molecule has 1 fully saturated rings. The predicted molar refractivity (Wildman–Crippen MR) is 81.6 cm³/mol. The Labute approximate surface area is 119 Å². The zero-order valence-electron chi connectivity index (χ0n) is 11.5. The van der Waals surface area contributed by atoms with Crippen LogP contribution in [0.5, 0.6) is 0 Å². The van der Waals surface area contributed by atoms with Crippen LogP contribution in [0, 0.1) is 5.82 Å². The van der Waals surface area contributed by atoms with E-state index in [4.69, 9.17) is 0 Å². The molecule has 0 radical (unpaired) electrons. The normalized spacial score (nSPS) is 14.6. The summed E-state index contributed by atoms with van der Waals surface area (Å²) in [5.74, 6) is -0.186. The van der Waals surface area contributed by atoms with Gasteiger partial charge in [-0.3, -0.25) is 0 Å². The van der Waals surface area contributed by atoms with E-state index < -0.39 is 0 Å². The molecule has 2 aromatic carbocycles. The zero-order chi connectivity index (χ0) is 13.8. The van der Waals surface area contributed by atoms with Crippen molar-refractivity contribution in [2.24, 2.45) is 0 Å². The number of halogens is 1. The molecule has 2 aromatic rings. The topological polar surface area (TPSA) is 15.3 Å². The molecule has 1 aliphatic rings. The SMILES string of the molecule is Fc1cccc(CNc2ccc(N3CCCC3)cc2)c1. The molecule has 0 spiro atoms. The Hall–Kier alpha value is -2.03. The van der Waals surface area contributed by atoms with Gasteiger partial charge in [-0.05, 0) is 54.8 Å².